The Morgan fingerprint density at radius 3 is 3.18 bits per heavy atom. The molecule has 2 atom stereocenters. The summed E-state index contributed by atoms with van der Waals surface area (Å²) in [6.45, 7) is 1.71. The van der Waals surface area contributed by atoms with Gasteiger partial charge in [0.2, 0.25) is 0 Å². The van der Waals surface area contributed by atoms with Crippen LogP contribution in [0.1, 0.15) is 19.3 Å². The fraction of sp³-hybridized carbons (Fsp3) is 0.900. The predicted molar refractivity (Wildman–Crippen MR) is 61.4 cm³/mol. The molecule has 1 aliphatic rings. The first kappa shape index (κ1) is 13.8. The van der Waals surface area contributed by atoms with Crippen LogP contribution in [-0.2, 0) is 14.3 Å². The van der Waals surface area contributed by atoms with E-state index in [-0.39, 0.29) is 12.1 Å². The first-order valence-electron chi connectivity index (χ1n) is 5.73. The van der Waals surface area contributed by atoms with E-state index in [1.54, 1.807) is 0 Å². The van der Waals surface area contributed by atoms with E-state index in [0.717, 1.165) is 12.8 Å². The molecule has 1 N–H and O–H groups in total. The molecule has 2 unspecified atom stereocenters. The summed E-state index contributed by atoms with van der Waals surface area (Å²) in [5, 5.41) is 6.51. The highest BCUT2D eigenvalue weighted by Crippen LogP contribution is 2.16. The lowest BCUT2D eigenvalue weighted by molar-refractivity contribution is -0.146. The van der Waals surface area contributed by atoms with E-state index >= 15 is 0 Å². The van der Waals surface area contributed by atoms with Crippen molar-refractivity contribution in [3.63, 3.8) is 0 Å². The second-order valence-electron chi connectivity index (χ2n) is 3.81. The third-order valence-electron chi connectivity index (χ3n) is 2.65. The van der Waals surface area contributed by atoms with Crippen LogP contribution in [0.2, 0.25) is 0 Å². The smallest absolute Gasteiger partial charge is 0.325 e. The Morgan fingerprint density at radius 2 is 2.59 bits per heavy atom. The standard InChI is InChI=1S/C10H18N4O3/c1-16-10(15)9(8-4-2-7-17-8)12-5-3-6-13-14-11/h8-9,12H,2-7H2,1H3. The molecule has 7 heteroatoms. The number of hydrogen-bond acceptors (Lipinski definition) is 5. The van der Waals surface area contributed by atoms with Gasteiger partial charge in [-0.05, 0) is 31.3 Å². The monoisotopic (exact) mass is 242 g/mol. The topological polar surface area (TPSA) is 96.3 Å². The summed E-state index contributed by atoms with van der Waals surface area (Å²) in [6, 6.07) is -0.423. The van der Waals surface area contributed by atoms with Crippen LogP contribution in [0.15, 0.2) is 5.11 Å². The Kier molecular flexibility index (Phi) is 6.39. The third-order valence-corrected chi connectivity index (χ3v) is 2.65. The summed E-state index contributed by atoms with van der Waals surface area (Å²) in [5.41, 5.74) is 8.12. The molecule has 17 heavy (non-hydrogen) atoms. The average molecular weight is 242 g/mol. The number of rotatable bonds is 7. The van der Waals surface area contributed by atoms with E-state index in [4.69, 9.17) is 15.0 Å². The number of nitrogens with one attached hydrogen (secondary N) is 1. The van der Waals surface area contributed by atoms with Gasteiger partial charge in [-0.3, -0.25) is 4.79 Å². The van der Waals surface area contributed by atoms with Gasteiger partial charge in [0.25, 0.3) is 0 Å². The minimum atomic E-state index is -0.423. The highest BCUT2D eigenvalue weighted by molar-refractivity contribution is 5.76. The van der Waals surface area contributed by atoms with Crippen molar-refractivity contribution in [3.8, 4) is 0 Å². The van der Waals surface area contributed by atoms with E-state index in [1.807, 2.05) is 0 Å². The largest absolute Gasteiger partial charge is 0.468 e. The molecule has 1 fully saturated rings. The van der Waals surface area contributed by atoms with Gasteiger partial charge in [0.1, 0.15) is 6.04 Å². The number of carbonyl (C=O) groups is 1. The first-order valence-corrected chi connectivity index (χ1v) is 5.73. The molecule has 0 bridgehead atoms. The Balaban J connectivity index is 2.35. The van der Waals surface area contributed by atoms with Crippen molar-refractivity contribution in [1.29, 1.82) is 0 Å². The van der Waals surface area contributed by atoms with E-state index < -0.39 is 6.04 Å². The zero-order chi connectivity index (χ0) is 12.5. The zero-order valence-corrected chi connectivity index (χ0v) is 9.96. The lowest BCUT2D eigenvalue weighted by Crippen LogP contribution is -2.47. The first-order chi connectivity index (χ1) is 8.29. The second-order valence-corrected chi connectivity index (χ2v) is 3.81. The fourth-order valence-electron chi connectivity index (χ4n) is 1.81. The summed E-state index contributed by atoms with van der Waals surface area (Å²) < 4.78 is 10.2. The number of nitrogens with zero attached hydrogens (tertiary/aromatic N) is 3. The van der Waals surface area contributed by atoms with Crippen molar-refractivity contribution in [2.24, 2.45) is 5.11 Å². The molecule has 7 nitrogen and oxygen atoms in total. The van der Waals surface area contributed by atoms with Gasteiger partial charge in [0, 0.05) is 18.1 Å². The van der Waals surface area contributed by atoms with Crippen LogP contribution in [0, 0.1) is 0 Å². The van der Waals surface area contributed by atoms with Crippen LogP contribution >= 0.6 is 0 Å². The van der Waals surface area contributed by atoms with E-state index in [9.17, 15) is 4.79 Å². The van der Waals surface area contributed by atoms with Crippen LogP contribution in [0.4, 0.5) is 0 Å². The number of methoxy groups -OCH3 is 1. The Bertz CT molecular complexity index is 285. The van der Waals surface area contributed by atoms with Crippen molar-refractivity contribution >= 4 is 5.97 Å². The molecule has 0 radical (unpaired) electrons. The highest BCUT2D eigenvalue weighted by atomic mass is 16.5. The minimum Gasteiger partial charge on any atom is -0.468 e. The van der Waals surface area contributed by atoms with Crippen LogP contribution in [0.3, 0.4) is 0 Å². The van der Waals surface area contributed by atoms with Crippen molar-refractivity contribution in [2.75, 3.05) is 26.8 Å². The van der Waals surface area contributed by atoms with E-state index in [1.165, 1.54) is 7.11 Å². The molecular formula is C10H18N4O3. The molecule has 96 valence electrons. The van der Waals surface area contributed by atoms with Gasteiger partial charge in [-0.1, -0.05) is 5.11 Å². The quantitative estimate of drug-likeness (QED) is 0.237. The molecule has 0 aromatic rings. The molecule has 0 aromatic heterocycles. The molecule has 1 saturated heterocycles. The van der Waals surface area contributed by atoms with Crippen LogP contribution < -0.4 is 5.32 Å². The maximum absolute atomic E-state index is 11.6. The van der Waals surface area contributed by atoms with Gasteiger partial charge < -0.3 is 14.8 Å². The van der Waals surface area contributed by atoms with Gasteiger partial charge >= 0.3 is 5.97 Å². The summed E-state index contributed by atoms with van der Waals surface area (Å²) in [5.74, 6) is -0.305. The normalized spacial score (nSPS) is 20.6. The molecule has 0 saturated carbocycles. The molecule has 0 aromatic carbocycles. The van der Waals surface area contributed by atoms with Crippen molar-refractivity contribution < 1.29 is 14.3 Å². The molecule has 1 rings (SSSR count). The third kappa shape index (κ3) is 4.60. The zero-order valence-electron chi connectivity index (χ0n) is 9.96. The Hall–Kier alpha value is -1.30. The van der Waals surface area contributed by atoms with Gasteiger partial charge in [0.05, 0.1) is 13.2 Å². The number of azide groups is 1. The average Bonchev–Trinajstić information content (AvgIpc) is 2.86. The molecular weight excluding hydrogens is 224 g/mol. The predicted octanol–water partition coefficient (Wildman–Crippen LogP) is 0.997. The Labute approximate surface area is 100 Å². The summed E-state index contributed by atoms with van der Waals surface area (Å²) >= 11 is 0. The lowest BCUT2D eigenvalue weighted by Gasteiger charge is -2.21. The van der Waals surface area contributed by atoms with Crippen LogP contribution in [0.25, 0.3) is 10.4 Å². The molecule has 0 amide bonds. The SMILES string of the molecule is COC(=O)C(NCCCN=[N+]=[N-])C1CCCO1. The van der Waals surface area contributed by atoms with E-state index in [2.05, 4.69) is 15.3 Å². The fourth-order valence-corrected chi connectivity index (χ4v) is 1.81. The molecule has 1 heterocycles. The Morgan fingerprint density at radius 1 is 1.76 bits per heavy atom. The maximum Gasteiger partial charge on any atom is 0.325 e. The summed E-state index contributed by atoms with van der Waals surface area (Å²) in [4.78, 5) is 14.2. The van der Waals surface area contributed by atoms with Gasteiger partial charge in [-0.15, -0.1) is 0 Å². The molecule has 1 aliphatic heterocycles. The van der Waals surface area contributed by atoms with Crippen LogP contribution in [-0.4, -0.2) is 44.9 Å². The van der Waals surface area contributed by atoms with Crippen molar-refractivity contribution in [1.82, 2.24) is 5.32 Å². The van der Waals surface area contributed by atoms with Gasteiger partial charge in [-0.25, -0.2) is 0 Å². The molecule has 0 aliphatic carbocycles. The number of hydrogen-bond donors (Lipinski definition) is 1. The highest BCUT2D eigenvalue weighted by Gasteiger charge is 2.31. The number of esters is 1. The summed E-state index contributed by atoms with van der Waals surface area (Å²) in [6.07, 6.45) is 2.41. The summed E-state index contributed by atoms with van der Waals surface area (Å²) in [7, 11) is 1.37. The lowest BCUT2D eigenvalue weighted by atomic mass is 10.1. The maximum atomic E-state index is 11.6. The minimum absolute atomic E-state index is 0.109. The van der Waals surface area contributed by atoms with E-state index in [0.29, 0.717) is 26.1 Å². The number of ether oxygens (including phenoxy) is 2. The van der Waals surface area contributed by atoms with Gasteiger partial charge in [0.15, 0.2) is 0 Å². The second kappa shape index (κ2) is 7.89. The molecule has 0 spiro atoms. The number of carbonyl (C=O) groups excluding carboxylic acids is 1. The van der Waals surface area contributed by atoms with Crippen LogP contribution in [0.5, 0.6) is 0 Å². The van der Waals surface area contributed by atoms with Crippen molar-refractivity contribution in [3.05, 3.63) is 10.4 Å². The van der Waals surface area contributed by atoms with Crippen molar-refractivity contribution in [2.45, 2.75) is 31.4 Å². The van der Waals surface area contributed by atoms with Gasteiger partial charge in [-0.2, -0.15) is 0 Å².